The normalized spacial score (nSPS) is 16.8. The molecular weight excluding hydrogens is 381 g/mol. The van der Waals surface area contributed by atoms with Crippen LogP contribution in [0, 0.1) is 0 Å². The van der Waals surface area contributed by atoms with E-state index in [1.54, 1.807) is 0 Å². The van der Waals surface area contributed by atoms with E-state index in [9.17, 15) is 14.7 Å². The average molecular weight is 404 g/mol. The van der Waals surface area contributed by atoms with E-state index in [4.69, 9.17) is 0 Å². The summed E-state index contributed by atoms with van der Waals surface area (Å²) < 4.78 is 0. The van der Waals surface area contributed by atoms with Crippen molar-refractivity contribution in [1.82, 2.24) is 4.90 Å². The molecule has 1 aliphatic rings. The van der Waals surface area contributed by atoms with Gasteiger partial charge in [-0.2, -0.15) is 0 Å². The Bertz CT molecular complexity index is 896. The molecule has 5 heteroatoms. The van der Waals surface area contributed by atoms with Crippen molar-refractivity contribution >= 4 is 35.1 Å². The third-order valence-electron chi connectivity index (χ3n) is 5.55. The first-order chi connectivity index (χ1) is 14.1. The minimum absolute atomic E-state index is 0.0581. The zero-order valence-corrected chi connectivity index (χ0v) is 16.9. The first kappa shape index (κ1) is 19.4. The summed E-state index contributed by atoms with van der Waals surface area (Å²) in [6, 6.07) is 30.7. The van der Waals surface area contributed by atoms with Crippen LogP contribution in [0.25, 0.3) is 0 Å². The van der Waals surface area contributed by atoms with Crippen molar-refractivity contribution in [1.29, 1.82) is 0 Å². The molecule has 1 heterocycles. The monoisotopic (exact) mass is 404 g/mol. The van der Waals surface area contributed by atoms with Crippen LogP contribution in [0.1, 0.15) is 6.42 Å². The SMILES string of the molecule is O=C(O)CN1CCC([P+](c2ccccc2)(c2ccccc2)c2ccccc2)C1=O. The number of benzene rings is 3. The van der Waals surface area contributed by atoms with Crippen molar-refractivity contribution in [2.45, 2.75) is 12.1 Å². The second-order valence-corrected chi connectivity index (χ2v) is 10.8. The Morgan fingerprint density at radius 1 is 0.828 bits per heavy atom. The maximum absolute atomic E-state index is 13.5. The lowest BCUT2D eigenvalue weighted by Crippen LogP contribution is -2.43. The van der Waals surface area contributed by atoms with Crippen molar-refractivity contribution in [3.05, 3.63) is 91.0 Å². The van der Waals surface area contributed by atoms with E-state index in [1.807, 2.05) is 54.6 Å². The molecule has 0 aromatic heterocycles. The average Bonchev–Trinajstić information content (AvgIpc) is 3.11. The van der Waals surface area contributed by atoms with E-state index in [0.717, 1.165) is 15.9 Å². The second kappa shape index (κ2) is 8.18. The largest absolute Gasteiger partial charge is 0.480 e. The van der Waals surface area contributed by atoms with Gasteiger partial charge in [0, 0.05) is 13.0 Å². The van der Waals surface area contributed by atoms with Gasteiger partial charge in [-0.25, -0.2) is 0 Å². The van der Waals surface area contributed by atoms with E-state index in [0.29, 0.717) is 13.0 Å². The predicted molar refractivity (Wildman–Crippen MR) is 118 cm³/mol. The highest BCUT2D eigenvalue weighted by Crippen LogP contribution is 2.62. The molecule has 4 nitrogen and oxygen atoms in total. The number of amides is 1. The molecule has 3 aromatic rings. The summed E-state index contributed by atoms with van der Waals surface area (Å²) in [4.78, 5) is 26.3. The molecule has 1 N–H and O–H groups in total. The van der Waals surface area contributed by atoms with Crippen molar-refractivity contribution in [3.8, 4) is 0 Å². The van der Waals surface area contributed by atoms with Crippen LogP contribution in [0.4, 0.5) is 0 Å². The van der Waals surface area contributed by atoms with Crippen molar-refractivity contribution in [2.75, 3.05) is 13.1 Å². The molecule has 1 amide bonds. The van der Waals surface area contributed by atoms with Crippen LogP contribution in [0.5, 0.6) is 0 Å². The molecule has 4 rings (SSSR count). The number of carbonyl (C=O) groups is 2. The van der Waals surface area contributed by atoms with Crippen molar-refractivity contribution < 1.29 is 14.7 Å². The van der Waals surface area contributed by atoms with Crippen LogP contribution >= 0.6 is 7.26 Å². The fourth-order valence-corrected chi connectivity index (χ4v) is 9.28. The molecule has 1 saturated heterocycles. The Kier molecular flexibility index (Phi) is 5.46. The molecule has 146 valence electrons. The van der Waals surface area contributed by atoms with Crippen molar-refractivity contribution in [3.63, 3.8) is 0 Å². The molecule has 29 heavy (non-hydrogen) atoms. The maximum Gasteiger partial charge on any atom is 0.323 e. The Morgan fingerprint density at radius 3 is 1.62 bits per heavy atom. The number of carbonyl (C=O) groups excluding carboxylic acids is 1. The second-order valence-electron chi connectivity index (χ2n) is 7.19. The third kappa shape index (κ3) is 3.45. The van der Waals surface area contributed by atoms with E-state index < -0.39 is 13.2 Å². The predicted octanol–water partition coefficient (Wildman–Crippen LogP) is 2.67. The Labute approximate surface area is 171 Å². The number of hydrogen-bond acceptors (Lipinski definition) is 2. The highest BCUT2D eigenvalue weighted by atomic mass is 31.2. The summed E-state index contributed by atoms with van der Waals surface area (Å²) in [5.41, 5.74) is -0.269. The van der Waals surface area contributed by atoms with Crippen LogP contribution in [0.2, 0.25) is 0 Å². The van der Waals surface area contributed by atoms with Gasteiger partial charge in [-0.3, -0.25) is 9.59 Å². The summed E-state index contributed by atoms with van der Waals surface area (Å²) in [5.74, 6) is -1.03. The zero-order chi connectivity index (χ0) is 20.3. The van der Waals surface area contributed by atoms with Gasteiger partial charge < -0.3 is 10.0 Å². The van der Waals surface area contributed by atoms with Gasteiger partial charge in [0.25, 0.3) is 5.91 Å². The van der Waals surface area contributed by atoms with Gasteiger partial charge in [0.1, 0.15) is 29.7 Å². The molecule has 0 aliphatic carbocycles. The first-order valence-corrected chi connectivity index (χ1v) is 11.6. The standard InChI is InChI=1S/C24H22NO3P/c26-23(27)18-25-17-16-22(24(25)28)29(19-10-4-1-5-11-19,20-12-6-2-7-13-20)21-14-8-3-9-15-21/h1-15,22H,16-18H2/p+1. The van der Waals surface area contributed by atoms with Crippen LogP contribution in [0.15, 0.2) is 91.0 Å². The van der Waals surface area contributed by atoms with Gasteiger partial charge >= 0.3 is 5.97 Å². The Hall–Kier alpha value is -2.97. The van der Waals surface area contributed by atoms with Gasteiger partial charge in [-0.1, -0.05) is 54.6 Å². The molecule has 1 fully saturated rings. The van der Waals surface area contributed by atoms with Crippen LogP contribution in [-0.4, -0.2) is 40.6 Å². The summed E-state index contributed by atoms with van der Waals surface area (Å²) in [6.45, 7) is 0.234. The first-order valence-electron chi connectivity index (χ1n) is 9.70. The lowest BCUT2D eigenvalue weighted by molar-refractivity contribution is -0.142. The van der Waals surface area contributed by atoms with E-state index >= 15 is 0 Å². The lowest BCUT2D eigenvalue weighted by Gasteiger charge is -2.31. The van der Waals surface area contributed by atoms with Crippen LogP contribution in [-0.2, 0) is 9.59 Å². The maximum atomic E-state index is 13.5. The van der Waals surface area contributed by atoms with Gasteiger partial charge in [0.15, 0.2) is 5.66 Å². The fourth-order valence-electron chi connectivity index (χ4n) is 4.38. The number of rotatable bonds is 6. The molecule has 0 bridgehead atoms. The summed E-state index contributed by atoms with van der Waals surface area (Å²) in [5, 5.41) is 12.7. The highest BCUT2D eigenvalue weighted by molar-refractivity contribution is 7.96. The van der Waals surface area contributed by atoms with Gasteiger partial charge in [-0.05, 0) is 36.4 Å². The van der Waals surface area contributed by atoms with E-state index in [2.05, 4.69) is 36.4 Å². The summed E-state index contributed by atoms with van der Waals surface area (Å²) in [6.07, 6.45) is 0.651. The number of aliphatic carboxylic acids is 1. The number of likely N-dealkylation sites (tertiary alicyclic amines) is 1. The lowest BCUT2D eigenvalue weighted by atomic mass is 10.3. The zero-order valence-electron chi connectivity index (χ0n) is 16.0. The van der Waals surface area contributed by atoms with E-state index in [1.165, 1.54) is 4.90 Å². The van der Waals surface area contributed by atoms with Crippen LogP contribution in [0.3, 0.4) is 0 Å². The summed E-state index contributed by atoms with van der Waals surface area (Å²) >= 11 is 0. The van der Waals surface area contributed by atoms with Crippen molar-refractivity contribution in [2.24, 2.45) is 0 Å². The molecule has 1 atom stereocenters. The fraction of sp³-hybridized carbons (Fsp3) is 0.167. The highest BCUT2D eigenvalue weighted by Gasteiger charge is 2.58. The molecule has 0 spiro atoms. The number of nitrogens with zero attached hydrogens (tertiary/aromatic N) is 1. The van der Waals surface area contributed by atoms with Crippen LogP contribution < -0.4 is 15.9 Å². The topological polar surface area (TPSA) is 57.6 Å². The van der Waals surface area contributed by atoms with Gasteiger partial charge in [0.05, 0.1) is 0 Å². The molecule has 0 radical (unpaired) electrons. The number of hydrogen-bond donors (Lipinski definition) is 1. The quantitative estimate of drug-likeness (QED) is 0.643. The Morgan fingerprint density at radius 2 is 1.24 bits per heavy atom. The van der Waals surface area contributed by atoms with Gasteiger partial charge in [0.2, 0.25) is 0 Å². The minimum atomic E-state index is -2.32. The molecule has 1 aliphatic heterocycles. The number of carboxylic acids is 1. The number of carboxylic acid groups (broad SMARTS) is 1. The molecule has 0 saturated carbocycles. The Balaban J connectivity index is 1.97. The molecular formula is C24H23NO3P+. The minimum Gasteiger partial charge on any atom is -0.480 e. The third-order valence-corrected chi connectivity index (χ3v) is 10.3. The van der Waals surface area contributed by atoms with Gasteiger partial charge in [-0.15, -0.1) is 0 Å². The smallest absolute Gasteiger partial charge is 0.323 e. The molecule has 3 aromatic carbocycles. The molecule has 1 unspecified atom stereocenters. The summed E-state index contributed by atoms with van der Waals surface area (Å²) in [7, 11) is -2.32. The van der Waals surface area contributed by atoms with E-state index in [-0.39, 0.29) is 18.1 Å².